The van der Waals surface area contributed by atoms with Gasteiger partial charge in [0, 0.05) is 52.0 Å². The standard InChI is InChI=1S/C13H27N3O/c1-15(2)13(12-3-9-17-10-4-12)11-16-7-5-14-6-8-16/h12-14H,3-11H2,1-2H3. The van der Waals surface area contributed by atoms with Crippen LogP contribution in [0.5, 0.6) is 0 Å². The van der Waals surface area contributed by atoms with E-state index in [0.29, 0.717) is 6.04 Å². The first-order chi connectivity index (χ1) is 8.27. The lowest BCUT2D eigenvalue weighted by Crippen LogP contribution is -2.51. The van der Waals surface area contributed by atoms with Crippen molar-refractivity contribution in [2.75, 3.05) is 60.0 Å². The zero-order valence-corrected chi connectivity index (χ0v) is 11.3. The molecule has 4 nitrogen and oxygen atoms in total. The molecule has 0 bridgehead atoms. The van der Waals surface area contributed by atoms with Crippen LogP contribution in [0.3, 0.4) is 0 Å². The molecule has 0 spiro atoms. The third-order valence-electron chi connectivity index (χ3n) is 4.13. The van der Waals surface area contributed by atoms with Crippen molar-refractivity contribution in [3.05, 3.63) is 0 Å². The van der Waals surface area contributed by atoms with Crippen molar-refractivity contribution >= 4 is 0 Å². The second-order valence-corrected chi connectivity index (χ2v) is 5.53. The summed E-state index contributed by atoms with van der Waals surface area (Å²) >= 11 is 0. The fraction of sp³-hybridized carbons (Fsp3) is 1.00. The van der Waals surface area contributed by atoms with E-state index in [1.807, 2.05) is 0 Å². The van der Waals surface area contributed by atoms with Gasteiger partial charge in [-0.05, 0) is 32.9 Å². The summed E-state index contributed by atoms with van der Waals surface area (Å²) in [6, 6.07) is 0.692. The van der Waals surface area contributed by atoms with Crippen LogP contribution in [-0.2, 0) is 4.74 Å². The van der Waals surface area contributed by atoms with Gasteiger partial charge >= 0.3 is 0 Å². The monoisotopic (exact) mass is 241 g/mol. The number of hydrogen-bond donors (Lipinski definition) is 1. The first-order valence-corrected chi connectivity index (χ1v) is 6.94. The smallest absolute Gasteiger partial charge is 0.0469 e. The molecule has 0 aromatic carbocycles. The minimum atomic E-state index is 0.692. The van der Waals surface area contributed by atoms with Crippen molar-refractivity contribution in [1.29, 1.82) is 0 Å². The number of ether oxygens (including phenoxy) is 1. The Morgan fingerprint density at radius 2 is 1.88 bits per heavy atom. The van der Waals surface area contributed by atoms with Crippen LogP contribution in [0.1, 0.15) is 12.8 Å². The summed E-state index contributed by atoms with van der Waals surface area (Å²) in [6.45, 7) is 7.83. The van der Waals surface area contributed by atoms with E-state index >= 15 is 0 Å². The molecule has 2 fully saturated rings. The first kappa shape index (κ1) is 13.3. The minimum absolute atomic E-state index is 0.692. The molecule has 2 aliphatic rings. The van der Waals surface area contributed by atoms with Gasteiger partial charge in [0.15, 0.2) is 0 Å². The molecule has 4 heteroatoms. The second-order valence-electron chi connectivity index (χ2n) is 5.53. The van der Waals surface area contributed by atoms with E-state index in [0.717, 1.165) is 32.2 Å². The highest BCUT2D eigenvalue weighted by Gasteiger charge is 2.27. The molecule has 2 aliphatic heterocycles. The lowest BCUT2D eigenvalue weighted by atomic mass is 9.90. The molecule has 0 saturated carbocycles. The van der Waals surface area contributed by atoms with E-state index in [-0.39, 0.29) is 0 Å². The summed E-state index contributed by atoms with van der Waals surface area (Å²) in [5.41, 5.74) is 0. The maximum Gasteiger partial charge on any atom is 0.0469 e. The molecule has 0 amide bonds. The Labute approximate surface area is 105 Å². The van der Waals surface area contributed by atoms with Crippen LogP contribution in [-0.4, -0.2) is 75.9 Å². The van der Waals surface area contributed by atoms with Gasteiger partial charge in [-0.25, -0.2) is 0 Å². The normalized spacial score (nSPS) is 26.3. The van der Waals surface area contributed by atoms with Gasteiger partial charge < -0.3 is 15.0 Å². The molecule has 2 rings (SSSR count). The number of piperazine rings is 1. The van der Waals surface area contributed by atoms with E-state index in [9.17, 15) is 0 Å². The molecule has 0 aliphatic carbocycles. The van der Waals surface area contributed by atoms with E-state index in [1.54, 1.807) is 0 Å². The van der Waals surface area contributed by atoms with E-state index in [1.165, 1.54) is 32.5 Å². The van der Waals surface area contributed by atoms with Crippen LogP contribution in [0.4, 0.5) is 0 Å². The van der Waals surface area contributed by atoms with Crippen LogP contribution >= 0.6 is 0 Å². The molecular weight excluding hydrogens is 214 g/mol. The highest BCUT2D eigenvalue weighted by atomic mass is 16.5. The Hall–Kier alpha value is -0.160. The van der Waals surface area contributed by atoms with E-state index in [2.05, 4.69) is 29.2 Å². The number of hydrogen-bond acceptors (Lipinski definition) is 4. The number of likely N-dealkylation sites (N-methyl/N-ethyl adjacent to an activating group) is 1. The van der Waals surface area contributed by atoms with E-state index < -0.39 is 0 Å². The van der Waals surface area contributed by atoms with E-state index in [4.69, 9.17) is 4.74 Å². The molecule has 1 N–H and O–H groups in total. The SMILES string of the molecule is CN(C)C(CN1CCNCC1)C1CCOCC1. The Morgan fingerprint density at radius 1 is 1.24 bits per heavy atom. The third kappa shape index (κ3) is 3.91. The molecule has 2 saturated heterocycles. The van der Waals surface area contributed by atoms with Crippen molar-refractivity contribution in [1.82, 2.24) is 15.1 Å². The Morgan fingerprint density at radius 3 is 2.47 bits per heavy atom. The maximum atomic E-state index is 5.48. The van der Waals surface area contributed by atoms with Crippen molar-refractivity contribution < 1.29 is 4.74 Å². The summed E-state index contributed by atoms with van der Waals surface area (Å²) in [5, 5.41) is 3.42. The summed E-state index contributed by atoms with van der Waals surface area (Å²) in [6.07, 6.45) is 2.46. The third-order valence-corrected chi connectivity index (χ3v) is 4.13. The Bertz CT molecular complexity index is 211. The number of rotatable bonds is 4. The van der Waals surface area contributed by atoms with Crippen molar-refractivity contribution in [2.45, 2.75) is 18.9 Å². The molecule has 0 aromatic rings. The number of nitrogens with one attached hydrogen (secondary N) is 1. The van der Waals surface area contributed by atoms with Gasteiger partial charge in [-0.2, -0.15) is 0 Å². The highest BCUT2D eigenvalue weighted by Crippen LogP contribution is 2.22. The minimum Gasteiger partial charge on any atom is -0.381 e. The van der Waals surface area contributed by atoms with Crippen molar-refractivity contribution in [3.8, 4) is 0 Å². The molecule has 100 valence electrons. The molecular formula is C13H27N3O. The van der Waals surface area contributed by atoms with Crippen molar-refractivity contribution in [3.63, 3.8) is 0 Å². The molecule has 0 aromatic heterocycles. The zero-order valence-electron chi connectivity index (χ0n) is 11.3. The van der Waals surface area contributed by atoms with Crippen LogP contribution in [0.2, 0.25) is 0 Å². The predicted octanol–water partition coefficient (Wildman–Crippen LogP) is 0.248. The van der Waals surface area contributed by atoms with Gasteiger partial charge in [0.1, 0.15) is 0 Å². The summed E-state index contributed by atoms with van der Waals surface area (Å²) in [4.78, 5) is 5.02. The Kier molecular flexibility index (Phi) is 5.22. The van der Waals surface area contributed by atoms with Crippen molar-refractivity contribution in [2.24, 2.45) is 5.92 Å². The Balaban J connectivity index is 1.86. The van der Waals surface area contributed by atoms with Crippen LogP contribution in [0, 0.1) is 5.92 Å². The predicted molar refractivity (Wildman–Crippen MR) is 70.3 cm³/mol. The average Bonchev–Trinajstić information content (AvgIpc) is 2.38. The molecule has 1 atom stereocenters. The van der Waals surface area contributed by atoms with Gasteiger partial charge in [0.25, 0.3) is 0 Å². The van der Waals surface area contributed by atoms with Gasteiger partial charge in [-0.15, -0.1) is 0 Å². The maximum absolute atomic E-state index is 5.48. The van der Waals surface area contributed by atoms with Crippen LogP contribution in [0.25, 0.3) is 0 Å². The average molecular weight is 241 g/mol. The lowest BCUT2D eigenvalue weighted by Gasteiger charge is -2.39. The molecule has 1 unspecified atom stereocenters. The van der Waals surface area contributed by atoms with Gasteiger partial charge in [0.2, 0.25) is 0 Å². The lowest BCUT2D eigenvalue weighted by molar-refractivity contribution is 0.0254. The quantitative estimate of drug-likeness (QED) is 0.763. The molecule has 0 radical (unpaired) electrons. The number of nitrogens with zero attached hydrogens (tertiary/aromatic N) is 2. The van der Waals surface area contributed by atoms with Gasteiger partial charge in [-0.1, -0.05) is 0 Å². The topological polar surface area (TPSA) is 27.7 Å². The van der Waals surface area contributed by atoms with Gasteiger partial charge in [-0.3, -0.25) is 4.90 Å². The molecule has 17 heavy (non-hydrogen) atoms. The fourth-order valence-corrected chi connectivity index (χ4v) is 2.99. The summed E-state index contributed by atoms with van der Waals surface area (Å²) in [7, 11) is 4.45. The summed E-state index contributed by atoms with van der Waals surface area (Å²) in [5.74, 6) is 0.814. The zero-order chi connectivity index (χ0) is 12.1. The molecule has 2 heterocycles. The second kappa shape index (κ2) is 6.69. The van der Waals surface area contributed by atoms with Gasteiger partial charge in [0.05, 0.1) is 0 Å². The highest BCUT2D eigenvalue weighted by molar-refractivity contribution is 4.83. The summed E-state index contributed by atoms with van der Waals surface area (Å²) < 4.78 is 5.48. The first-order valence-electron chi connectivity index (χ1n) is 6.94. The largest absolute Gasteiger partial charge is 0.381 e. The fourth-order valence-electron chi connectivity index (χ4n) is 2.99. The van der Waals surface area contributed by atoms with Crippen LogP contribution < -0.4 is 5.32 Å². The van der Waals surface area contributed by atoms with Crippen LogP contribution in [0.15, 0.2) is 0 Å².